The molecule has 0 aliphatic carbocycles. The first kappa shape index (κ1) is 49.7. The van der Waals surface area contributed by atoms with E-state index in [1.165, 1.54) is 37.3 Å². The summed E-state index contributed by atoms with van der Waals surface area (Å²) in [6.07, 6.45) is -2.11. The van der Waals surface area contributed by atoms with Gasteiger partial charge in [-0.05, 0) is 80.8 Å². The highest BCUT2D eigenvalue weighted by atomic mass is 19.4. The lowest BCUT2D eigenvalue weighted by molar-refractivity contribution is -0.171. The van der Waals surface area contributed by atoms with Crippen LogP contribution in [0.5, 0.6) is 5.75 Å². The van der Waals surface area contributed by atoms with Crippen LogP contribution in [-0.2, 0) is 41.5 Å². The number of nitrogens with one attached hydrogen (secondary N) is 3. The SMILES string of the molecule is CCCCC[C@@H](C(=O)NCNC(=O)c1ccc(-c2ccc(C(=O)N[C@@H](CC(C)=O)C(=O)OCc3ccccc3)c(OCC)c2)o1)[C@@H](CC)N(C=O)OC(=O)c1ccc(C(F)(F)F)cc1. The zero-order valence-corrected chi connectivity index (χ0v) is 35.8. The second kappa shape index (κ2) is 24.0. The number of alkyl halides is 3. The second-order valence-corrected chi connectivity index (χ2v) is 14.6. The summed E-state index contributed by atoms with van der Waals surface area (Å²) in [5.41, 5.74) is -0.00414. The Bertz CT molecular complexity index is 2230. The van der Waals surface area contributed by atoms with Gasteiger partial charge in [0.2, 0.25) is 12.3 Å². The number of carbonyl (C=O) groups is 7. The number of carbonyl (C=O) groups excluding carboxylic acids is 7. The molecule has 64 heavy (non-hydrogen) atoms. The quantitative estimate of drug-likeness (QED) is 0.0211. The number of hydrogen-bond acceptors (Lipinski definition) is 11. The Balaban J connectivity index is 1.40. The average molecular weight is 893 g/mol. The minimum absolute atomic E-state index is 0.0534. The van der Waals surface area contributed by atoms with Gasteiger partial charge < -0.3 is 34.7 Å². The van der Waals surface area contributed by atoms with Crippen LogP contribution in [0, 0.1) is 5.92 Å². The number of ketones is 1. The van der Waals surface area contributed by atoms with E-state index in [1.54, 1.807) is 38.1 Å². The van der Waals surface area contributed by atoms with E-state index in [4.69, 9.17) is 18.7 Å². The summed E-state index contributed by atoms with van der Waals surface area (Å²) in [4.78, 5) is 95.4. The number of amides is 4. The van der Waals surface area contributed by atoms with Crippen LogP contribution in [0.3, 0.4) is 0 Å². The largest absolute Gasteiger partial charge is 0.493 e. The standard InChI is InChI=1S/C46H51F3N4O11/c1-5-8-10-15-34(37(6-2)53(28-54)64-44(59)31-16-19-33(20-17-31)46(47,48)49)41(56)50-27-51-43(58)39-23-22-38(63-39)32-18-21-35(40(25-32)61-7-3)42(57)52-36(24-29(4)55)45(60)62-26-30-13-11-9-12-14-30/h9,11-14,16-23,25,28,34,36-37H,5-8,10,15,24,26-27H2,1-4H3,(H,50,56)(H,51,58)(H,52,57)/t34-,36+,37-/m1/s1. The van der Waals surface area contributed by atoms with Crippen molar-refractivity contribution >= 4 is 41.9 Å². The lowest BCUT2D eigenvalue weighted by Crippen LogP contribution is -2.49. The van der Waals surface area contributed by atoms with E-state index in [0.29, 0.717) is 29.2 Å². The predicted octanol–water partition coefficient (Wildman–Crippen LogP) is 7.19. The van der Waals surface area contributed by atoms with Crippen LogP contribution in [0.2, 0.25) is 0 Å². The van der Waals surface area contributed by atoms with E-state index < -0.39 is 59.4 Å². The molecule has 18 heteroatoms. The van der Waals surface area contributed by atoms with Gasteiger partial charge in [-0.1, -0.05) is 69.5 Å². The summed E-state index contributed by atoms with van der Waals surface area (Å²) < 4.78 is 56.0. The van der Waals surface area contributed by atoms with E-state index in [-0.39, 0.29) is 79.7 Å². The van der Waals surface area contributed by atoms with Crippen LogP contribution in [0.1, 0.15) is 109 Å². The van der Waals surface area contributed by atoms with Crippen LogP contribution in [0.4, 0.5) is 13.2 Å². The van der Waals surface area contributed by atoms with E-state index in [0.717, 1.165) is 30.5 Å². The topological polar surface area (TPSA) is 200 Å². The Kier molecular flexibility index (Phi) is 18.6. The van der Waals surface area contributed by atoms with E-state index in [1.807, 2.05) is 13.0 Å². The third-order valence-corrected chi connectivity index (χ3v) is 9.86. The van der Waals surface area contributed by atoms with Crippen molar-refractivity contribution in [2.75, 3.05) is 13.3 Å². The van der Waals surface area contributed by atoms with Crippen LogP contribution in [0.15, 0.2) is 89.3 Å². The molecule has 3 aromatic carbocycles. The molecular weight excluding hydrogens is 842 g/mol. The van der Waals surface area contributed by atoms with Crippen LogP contribution in [-0.4, -0.2) is 72.3 Å². The molecule has 0 aliphatic heterocycles. The van der Waals surface area contributed by atoms with E-state index >= 15 is 0 Å². The van der Waals surface area contributed by atoms with Crippen LogP contribution in [0.25, 0.3) is 11.3 Å². The van der Waals surface area contributed by atoms with Crippen molar-refractivity contribution in [3.63, 3.8) is 0 Å². The first-order chi connectivity index (χ1) is 30.6. The van der Waals surface area contributed by atoms with Crippen LogP contribution < -0.4 is 20.7 Å². The molecule has 3 atom stereocenters. The summed E-state index contributed by atoms with van der Waals surface area (Å²) in [5, 5.41) is 8.43. The Hall–Kier alpha value is -6.98. The fourth-order valence-electron chi connectivity index (χ4n) is 6.59. The van der Waals surface area contributed by atoms with Crippen LogP contribution >= 0.6 is 0 Å². The minimum Gasteiger partial charge on any atom is -0.493 e. The highest BCUT2D eigenvalue weighted by Crippen LogP contribution is 2.31. The fourth-order valence-corrected chi connectivity index (χ4v) is 6.59. The number of Topliss-reactive ketones (excluding diaryl/α,β-unsaturated/α-hetero) is 1. The summed E-state index contributed by atoms with van der Waals surface area (Å²) >= 11 is 0. The summed E-state index contributed by atoms with van der Waals surface area (Å²) in [5.74, 6) is -4.87. The lowest BCUT2D eigenvalue weighted by Gasteiger charge is -2.31. The molecule has 0 unspecified atom stereocenters. The van der Waals surface area contributed by atoms with Crippen molar-refractivity contribution in [3.8, 4) is 17.1 Å². The highest BCUT2D eigenvalue weighted by Gasteiger charge is 2.35. The van der Waals surface area contributed by atoms with Gasteiger partial charge in [0.05, 0.1) is 41.9 Å². The number of hydrogen-bond donors (Lipinski definition) is 3. The van der Waals surface area contributed by atoms with Crippen molar-refractivity contribution < 1.29 is 65.5 Å². The first-order valence-electron chi connectivity index (χ1n) is 20.7. The number of hydroxylamine groups is 2. The molecule has 0 radical (unpaired) electrons. The van der Waals surface area contributed by atoms with Crippen molar-refractivity contribution in [2.24, 2.45) is 5.92 Å². The van der Waals surface area contributed by atoms with Crippen molar-refractivity contribution in [1.82, 2.24) is 21.0 Å². The van der Waals surface area contributed by atoms with Crippen molar-refractivity contribution in [1.29, 1.82) is 0 Å². The second-order valence-electron chi connectivity index (χ2n) is 14.6. The normalized spacial score (nSPS) is 12.5. The molecule has 0 spiro atoms. The van der Waals surface area contributed by atoms with Crippen molar-refractivity contribution in [2.45, 2.75) is 91.1 Å². The lowest BCUT2D eigenvalue weighted by atomic mass is 9.90. The number of furan rings is 1. The molecule has 4 rings (SSSR count). The zero-order valence-electron chi connectivity index (χ0n) is 35.8. The number of rotatable bonds is 24. The fraction of sp³-hybridized carbons (Fsp3) is 0.370. The summed E-state index contributed by atoms with van der Waals surface area (Å²) in [6, 6.07) is 17.4. The molecule has 0 saturated heterocycles. The first-order valence-corrected chi connectivity index (χ1v) is 20.7. The number of halogens is 3. The molecule has 0 fully saturated rings. The third-order valence-electron chi connectivity index (χ3n) is 9.86. The van der Waals surface area contributed by atoms with E-state index in [2.05, 4.69) is 16.0 Å². The Morgan fingerprint density at radius 2 is 1.58 bits per heavy atom. The van der Waals surface area contributed by atoms with Crippen molar-refractivity contribution in [3.05, 3.63) is 113 Å². The van der Waals surface area contributed by atoms with Gasteiger partial charge in [0.1, 0.15) is 29.9 Å². The molecule has 1 aromatic heterocycles. The Morgan fingerprint density at radius 3 is 2.20 bits per heavy atom. The molecular formula is C46H51F3N4O11. The molecule has 0 saturated carbocycles. The maximum atomic E-state index is 13.6. The molecule has 4 amide bonds. The van der Waals surface area contributed by atoms with Gasteiger partial charge in [-0.15, -0.1) is 0 Å². The minimum atomic E-state index is -4.62. The van der Waals surface area contributed by atoms with Gasteiger partial charge in [-0.3, -0.25) is 24.0 Å². The number of ether oxygens (including phenoxy) is 2. The summed E-state index contributed by atoms with van der Waals surface area (Å²) in [7, 11) is 0. The average Bonchev–Trinajstić information content (AvgIpc) is 3.78. The third kappa shape index (κ3) is 14.3. The number of esters is 1. The van der Waals surface area contributed by atoms with Gasteiger partial charge in [-0.25, -0.2) is 9.59 Å². The number of unbranched alkanes of at least 4 members (excludes halogenated alkanes) is 2. The monoisotopic (exact) mass is 892 g/mol. The Labute approximate surface area is 367 Å². The molecule has 0 aliphatic rings. The smallest absolute Gasteiger partial charge is 0.416 e. The molecule has 4 aromatic rings. The maximum absolute atomic E-state index is 13.6. The highest BCUT2D eigenvalue weighted by molar-refractivity contribution is 6.00. The zero-order chi connectivity index (χ0) is 46.8. The van der Waals surface area contributed by atoms with Gasteiger partial charge in [-0.2, -0.15) is 18.2 Å². The predicted molar refractivity (Wildman–Crippen MR) is 225 cm³/mol. The van der Waals surface area contributed by atoms with Gasteiger partial charge in [0.25, 0.3) is 11.8 Å². The van der Waals surface area contributed by atoms with Gasteiger partial charge >= 0.3 is 18.1 Å². The molecule has 15 nitrogen and oxygen atoms in total. The molecule has 0 bridgehead atoms. The van der Waals surface area contributed by atoms with E-state index in [9.17, 15) is 46.7 Å². The molecule has 342 valence electrons. The maximum Gasteiger partial charge on any atom is 0.416 e. The Morgan fingerprint density at radius 1 is 0.859 bits per heavy atom. The molecule has 1 heterocycles. The number of nitrogens with zero attached hydrogens (tertiary/aromatic N) is 1. The number of benzene rings is 3. The van der Waals surface area contributed by atoms with Gasteiger partial charge in [0.15, 0.2) is 5.76 Å². The molecule has 3 N–H and O–H groups in total. The van der Waals surface area contributed by atoms with Gasteiger partial charge in [0, 0.05) is 12.0 Å². The summed E-state index contributed by atoms with van der Waals surface area (Å²) in [6.45, 7) is 6.38.